The van der Waals surface area contributed by atoms with E-state index in [-0.39, 0.29) is 54.9 Å². The van der Waals surface area contributed by atoms with Crippen molar-refractivity contribution in [2.24, 2.45) is 10.2 Å². The molecule has 6 N–H and O–H groups in total. The molecule has 0 spiro atoms. The number of ether oxygens (including phenoxy) is 4. The third kappa shape index (κ3) is 17.1. The van der Waals surface area contributed by atoms with Crippen molar-refractivity contribution in [3.8, 4) is 11.5 Å². The lowest BCUT2D eigenvalue weighted by Gasteiger charge is -2.20. The molecule has 8 amide bonds. The number of carbonyl (C=O) groups excluding carboxylic acids is 7. The predicted octanol–water partition coefficient (Wildman–Crippen LogP) is 4.05. The van der Waals surface area contributed by atoms with E-state index in [0.29, 0.717) is 93.7 Å². The minimum absolute atomic E-state index is 0.0261. The van der Waals surface area contributed by atoms with Crippen LogP contribution in [0.1, 0.15) is 73.4 Å². The van der Waals surface area contributed by atoms with E-state index in [9.17, 15) is 38.7 Å². The SMILES string of the molecule is CN(CCOc1ccc(CC2SC(=O)N(C(=O)C[C@@H](NC(=O)c3ccc(C4(C)N=N4)cc3)C(=O)NCCCOCCOCCOCCCNC(=O)CCCC[C@@H]3SC[C@@H]4NC(=O)N[C@@H]43)C2=O)cc1)c1ccc(O)cn1. The van der Waals surface area contributed by atoms with Crippen LogP contribution >= 0.6 is 23.5 Å². The average molecular weight is 1080 g/mol. The normalized spacial score (nSPS) is 19.5. The van der Waals surface area contributed by atoms with E-state index in [4.69, 9.17) is 18.9 Å². The van der Waals surface area contributed by atoms with Crippen molar-refractivity contribution in [2.75, 3.05) is 83.6 Å². The van der Waals surface area contributed by atoms with E-state index in [1.807, 2.05) is 30.6 Å². The number of aromatic hydroxyl groups is 1. The number of thioether (sulfide) groups is 2. The van der Waals surface area contributed by atoms with Gasteiger partial charge in [0.1, 0.15) is 30.0 Å². The second-order valence-electron chi connectivity index (χ2n) is 18.5. The fraction of sp³-hybridized carbons (Fsp3) is 0.529. The third-order valence-corrected chi connectivity index (χ3v) is 15.4. The summed E-state index contributed by atoms with van der Waals surface area (Å²) < 4.78 is 22.7. The molecule has 0 saturated carbocycles. The first-order valence-corrected chi connectivity index (χ1v) is 27.2. The van der Waals surface area contributed by atoms with Crippen molar-refractivity contribution in [1.82, 2.24) is 36.5 Å². The molecule has 3 fully saturated rings. The van der Waals surface area contributed by atoms with E-state index in [1.54, 1.807) is 60.7 Å². The van der Waals surface area contributed by atoms with Crippen LogP contribution in [0.4, 0.5) is 15.4 Å². The zero-order valence-electron chi connectivity index (χ0n) is 42.2. The minimum Gasteiger partial charge on any atom is -0.506 e. The average Bonchev–Trinajstić information content (AvgIpc) is 3.74. The maximum Gasteiger partial charge on any atom is 0.315 e. The first-order valence-electron chi connectivity index (χ1n) is 25.2. The highest BCUT2D eigenvalue weighted by Gasteiger charge is 2.45. The number of rotatable bonds is 32. The zero-order chi connectivity index (χ0) is 53.2. The van der Waals surface area contributed by atoms with Gasteiger partial charge >= 0.3 is 6.03 Å². The number of aromatic nitrogens is 1. The van der Waals surface area contributed by atoms with Gasteiger partial charge in [-0.3, -0.25) is 28.8 Å². The smallest absolute Gasteiger partial charge is 0.315 e. The largest absolute Gasteiger partial charge is 0.506 e. The second kappa shape index (κ2) is 28.0. The van der Waals surface area contributed by atoms with Gasteiger partial charge < -0.3 is 55.5 Å². The van der Waals surface area contributed by atoms with E-state index >= 15 is 0 Å². The van der Waals surface area contributed by atoms with Crippen LogP contribution in [-0.2, 0) is 45.5 Å². The Labute approximate surface area is 443 Å². The Bertz CT molecular complexity index is 2470. The summed E-state index contributed by atoms with van der Waals surface area (Å²) in [7, 11) is 1.85. The molecule has 1 aromatic heterocycles. The van der Waals surface area contributed by atoms with E-state index in [2.05, 4.69) is 41.8 Å². The molecule has 24 heteroatoms. The Morgan fingerprint density at radius 2 is 1.55 bits per heavy atom. The molecule has 75 heavy (non-hydrogen) atoms. The molecule has 1 unspecified atom stereocenters. The summed E-state index contributed by atoms with van der Waals surface area (Å²) in [6.45, 7) is 5.53. The van der Waals surface area contributed by atoms with Crippen molar-refractivity contribution < 1.29 is 57.6 Å². The predicted molar refractivity (Wildman–Crippen MR) is 280 cm³/mol. The molecular formula is C51H66N10O12S2. The molecule has 0 bridgehead atoms. The lowest BCUT2D eigenvalue weighted by molar-refractivity contribution is -0.141. The summed E-state index contributed by atoms with van der Waals surface area (Å²) in [6, 6.07) is 15.7. The molecule has 3 saturated heterocycles. The maximum absolute atomic E-state index is 13.7. The Balaban J connectivity index is 0.762. The molecule has 2 aromatic carbocycles. The zero-order valence-corrected chi connectivity index (χ0v) is 43.8. The number of urea groups is 1. The van der Waals surface area contributed by atoms with Crippen LogP contribution in [0, 0.1) is 0 Å². The highest BCUT2D eigenvalue weighted by Crippen LogP contribution is 2.39. The number of amides is 8. The number of carbonyl (C=O) groups is 7. The number of unbranched alkanes of at least 4 members (excludes halogenated alkanes) is 1. The van der Waals surface area contributed by atoms with E-state index in [0.717, 1.165) is 47.9 Å². The highest BCUT2D eigenvalue weighted by atomic mass is 32.2. The molecule has 5 atom stereocenters. The van der Waals surface area contributed by atoms with Gasteiger partial charge in [-0.25, -0.2) is 14.7 Å². The first kappa shape index (κ1) is 56.4. The number of hydrogen-bond acceptors (Lipinski definition) is 18. The van der Waals surface area contributed by atoms with Crippen molar-refractivity contribution >= 4 is 70.1 Å². The van der Waals surface area contributed by atoms with Gasteiger partial charge in [0, 0.05) is 61.9 Å². The van der Waals surface area contributed by atoms with Gasteiger partial charge in [0.05, 0.1) is 62.9 Å². The van der Waals surface area contributed by atoms with Gasteiger partial charge in [-0.05, 0) is 81.0 Å². The summed E-state index contributed by atoms with van der Waals surface area (Å²) in [5, 5.41) is 30.5. The fourth-order valence-electron chi connectivity index (χ4n) is 8.43. The number of imide groups is 3. The Morgan fingerprint density at radius 3 is 2.23 bits per heavy atom. The van der Waals surface area contributed by atoms with Gasteiger partial charge in [-0.2, -0.15) is 22.0 Å². The van der Waals surface area contributed by atoms with E-state index in [1.165, 1.54) is 6.20 Å². The summed E-state index contributed by atoms with van der Waals surface area (Å²) in [5.41, 5.74) is 1.07. The number of pyridine rings is 1. The molecule has 4 aliphatic heterocycles. The number of benzene rings is 2. The standard InChI is InChI=1S/C51H66N10O12S2/c1-51(58-59-51)35-13-11-34(12-14-35)46(65)55-38(30-44(64)61-48(67)41(75-50(61)69)29-33-9-16-37(17-10-33)73-24-21-60(2)42-18-15-36(62)31-54-42)47(66)53-20-6-23-71-26-28-72-27-25-70-22-5-19-52-43(63)8-4-3-7-40-45-39(32-74-40)56-49(68)57-45/h9-18,31,38-41,45,62H,3-8,19-30,32H2,1-2H3,(H,52,63)(H,53,66)(H,55,65)(H2,56,57,68)/t38-,39+,40+,41?,45+/m1/s1. The van der Waals surface area contributed by atoms with Crippen LogP contribution in [0.25, 0.3) is 0 Å². The van der Waals surface area contributed by atoms with Crippen molar-refractivity contribution in [2.45, 2.75) is 92.6 Å². The number of hydrogen-bond donors (Lipinski definition) is 6. The molecule has 7 rings (SSSR count). The Hall–Kier alpha value is -6.34. The minimum atomic E-state index is -1.42. The lowest BCUT2D eigenvalue weighted by Crippen LogP contribution is -2.50. The number of fused-ring (bicyclic) bond motifs is 1. The molecule has 5 heterocycles. The van der Waals surface area contributed by atoms with Crippen LogP contribution in [0.5, 0.6) is 11.5 Å². The molecule has 0 radical (unpaired) electrons. The molecule has 0 aliphatic carbocycles. The fourth-order valence-corrected chi connectivity index (χ4v) is 11.0. The van der Waals surface area contributed by atoms with Crippen LogP contribution in [0.3, 0.4) is 0 Å². The van der Waals surface area contributed by atoms with Gasteiger partial charge in [-0.15, -0.1) is 0 Å². The summed E-state index contributed by atoms with van der Waals surface area (Å²) in [5.74, 6) is -0.660. The Kier molecular flexibility index (Phi) is 21.0. The highest BCUT2D eigenvalue weighted by molar-refractivity contribution is 8.15. The molecular weight excluding hydrogens is 1010 g/mol. The first-order chi connectivity index (χ1) is 36.3. The number of likely N-dealkylation sites (N-methyl/N-ethyl adjacent to an activating group) is 1. The van der Waals surface area contributed by atoms with Crippen LogP contribution in [0.15, 0.2) is 77.1 Å². The van der Waals surface area contributed by atoms with Gasteiger partial charge in [0.25, 0.3) is 17.1 Å². The number of nitrogens with one attached hydrogen (secondary N) is 5. The summed E-state index contributed by atoms with van der Waals surface area (Å²) in [6.07, 6.45) is 5.15. The molecule has 404 valence electrons. The van der Waals surface area contributed by atoms with Crippen LogP contribution < -0.4 is 36.2 Å². The van der Waals surface area contributed by atoms with Crippen molar-refractivity contribution in [3.05, 3.63) is 83.6 Å². The second-order valence-corrected chi connectivity index (χ2v) is 20.9. The topological polar surface area (TPSA) is 281 Å². The van der Waals surface area contributed by atoms with Crippen LogP contribution in [0.2, 0.25) is 0 Å². The van der Waals surface area contributed by atoms with Crippen molar-refractivity contribution in [1.29, 1.82) is 0 Å². The molecule has 4 aliphatic rings. The van der Waals surface area contributed by atoms with Crippen molar-refractivity contribution in [3.63, 3.8) is 0 Å². The maximum atomic E-state index is 13.7. The summed E-state index contributed by atoms with van der Waals surface area (Å²) >= 11 is 2.60. The monoisotopic (exact) mass is 1070 g/mol. The number of anilines is 1. The van der Waals surface area contributed by atoms with Crippen LogP contribution in [-0.4, -0.2) is 163 Å². The summed E-state index contributed by atoms with van der Waals surface area (Å²) in [4.78, 5) is 97.8. The molecule has 3 aromatic rings. The van der Waals surface area contributed by atoms with E-state index < -0.39 is 52.2 Å². The van der Waals surface area contributed by atoms with Gasteiger partial charge in [-0.1, -0.05) is 42.4 Å². The van der Waals surface area contributed by atoms with Gasteiger partial charge in [0.2, 0.25) is 23.4 Å². The Morgan fingerprint density at radius 1 is 0.853 bits per heavy atom. The number of nitrogens with zero attached hydrogens (tertiary/aromatic N) is 5. The third-order valence-electron chi connectivity index (χ3n) is 12.8. The lowest BCUT2D eigenvalue weighted by atomic mass is 10.0. The quantitative estimate of drug-likeness (QED) is 0.0380. The molecule has 22 nitrogen and oxygen atoms in total. The van der Waals surface area contributed by atoms with Gasteiger partial charge in [0.15, 0.2) is 0 Å².